The van der Waals surface area contributed by atoms with Gasteiger partial charge in [-0.1, -0.05) is 5.92 Å². The molecule has 0 aromatic rings. The number of nitrogens with zero attached hydrogens (tertiary/aromatic N) is 2. The van der Waals surface area contributed by atoms with Crippen LogP contribution in [0.4, 0.5) is 4.79 Å². The molecular weight excluding hydrogens is 144 g/mol. The van der Waals surface area contributed by atoms with Crippen LogP contribution < -0.4 is 5.32 Å². The zero-order valence-electron chi connectivity index (χ0n) is 5.87. The molecule has 0 N–H and O–H groups in total. The maximum atomic E-state index is 10.9. The van der Waals surface area contributed by atoms with Crippen LogP contribution in [-0.4, -0.2) is 16.8 Å². The number of amides is 3. The third-order valence-corrected chi connectivity index (χ3v) is 1.04. The standard InChI is InChI=1S/C7H5N2O2/c1-2-5-9-6(10)3-4-8-7(9)11/h3-4H,1H3. The number of hydrogen-bond acceptors (Lipinski definition) is 2. The minimum Gasteiger partial charge on any atom is -0.268 e. The van der Waals surface area contributed by atoms with E-state index in [1.165, 1.54) is 12.3 Å². The van der Waals surface area contributed by atoms with E-state index in [4.69, 9.17) is 0 Å². The summed E-state index contributed by atoms with van der Waals surface area (Å²) in [5.41, 5.74) is 0. The molecule has 1 aliphatic heterocycles. The number of urea groups is 1. The number of rotatable bonds is 0. The lowest BCUT2D eigenvalue weighted by Crippen LogP contribution is -2.37. The minimum absolute atomic E-state index is 0.445. The lowest BCUT2D eigenvalue weighted by atomic mass is 10.4. The first-order chi connectivity index (χ1) is 5.25. The van der Waals surface area contributed by atoms with Crippen molar-refractivity contribution in [3.63, 3.8) is 0 Å². The Bertz CT molecular complexity index is 283. The molecule has 4 nitrogen and oxygen atoms in total. The first-order valence-corrected chi connectivity index (χ1v) is 2.93. The lowest BCUT2D eigenvalue weighted by molar-refractivity contribution is -0.121. The molecule has 0 atom stereocenters. The normalized spacial score (nSPS) is 15.5. The van der Waals surface area contributed by atoms with Crippen molar-refractivity contribution in [3.05, 3.63) is 12.3 Å². The highest BCUT2D eigenvalue weighted by Gasteiger charge is 2.21. The van der Waals surface area contributed by atoms with Crippen LogP contribution in [0.5, 0.6) is 0 Å². The third kappa shape index (κ3) is 1.38. The molecule has 0 unspecified atom stereocenters. The van der Waals surface area contributed by atoms with Crippen LogP contribution in [0.2, 0.25) is 0 Å². The molecule has 0 saturated carbocycles. The Balaban J connectivity index is 2.89. The van der Waals surface area contributed by atoms with E-state index in [0.717, 1.165) is 4.90 Å². The number of imide groups is 1. The van der Waals surface area contributed by atoms with Crippen molar-refractivity contribution in [1.82, 2.24) is 10.2 Å². The van der Waals surface area contributed by atoms with Crippen molar-refractivity contribution in [2.24, 2.45) is 0 Å². The molecule has 55 valence electrons. The van der Waals surface area contributed by atoms with Gasteiger partial charge in [-0.25, -0.2) is 10.1 Å². The molecule has 4 heteroatoms. The van der Waals surface area contributed by atoms with E-state index in [2.05, 4.69) is 17.3 Å². The molecule has 1 heterocycles. The van der Waals surface area contributed by atoms with Crippen LogP contribution in [0.3, 0.4) is 0 Å². The second-order valence-electron chi connectivity index (χ2n) is 1.76. The van der Waals surface area contributed by atoms with Crippen LogP contribution in [0.15, 0.2) is 12.3 Å². The van der Waals surface area contributed by atoms with Gasteiger partial charge in [0, 0.05) is 18.3 Å². The summed E-state index contributed by atoms with van der Waals surface area (Å²) in [6.45, 7) is 1.54. The zero-order valence-corrected chi connectivity index (χ0v) is 5.87. The summed E-state index contributed by atoms with van der Waals surface area (Å²) < 4.78 is 0. The van der Waals surface area contributed by atoms with Gasteiger partial charge in [0.25, 0.3) is 5.91 Å². The smallest absolute Gasteiger partial charge is 0.268 e. The van der Waals surface area contributed by atoms with E-state index in [9.17, 15) is 9.59 Å². The average Bonchev–Trinajstić information content (AvgIpc) is 1.97. The fraction of sp³-hybridized carbons (Fsp3) is 0.143. The summed E-state index contributed by atoms with van der Waals surface area (Å²) in [4.78, 5) is 22.4. The van der Waals surface area contributed by atoms with Crippen LogP contribution in [0, 0.1) is 12.0 Å². The number of hydrogen-bond donors (Lipinski definition) is 0. The van der Waals surface area contributed by atoms with Gasteiger partial charge in [0.2, 0.25) is 0 Å². The summed E-state index contributed by atoms with van der Waals surface area (Å²) in [5.74, 6) is 1.99. The molecule has 0 bridgehead atoms. The zero-order chi connectivity index (χ0) is 8.27. The Morgan fingerprint density at radius 2 is 2.27 bits per heavy atom. The fourth-order valence-corrected chi connectivity index (χ4v) is 0.606. The molecule has 11 heavy (non-hydrogen) atoms. The lowest BCUT2D eigenvalue weighted by Gasteiger charge is -2.12. The highest BCUT2D eigenvalue weighted by atomic mass is 16.2. The van der Waals surface area contributed by atoms with E-state index < -0.39 is 11.9 Å². The van der Waals surface area contributed by atoms with E-state index in [-0.39, 0.29) is 0 Å². The Kier molecular flexibility index (Phi) is 1.93. The maximum Gasteiger partial charge on any atom is 0.362 e. The Hall–Kier alpha value is -1.76. The highest BCUT2D eigenvalue weighted by molar-refractivity contribution is 6.04. The summed E-state index contributed by atoms with van der Waals surface area (Å²) >= 11 is 0. The summed E-state index contributed by atoms with van der Waals surface area (Å²) in [5, 5.41) is 3.36. The van der Waals surface area contributed by atoms with Crippen molar-refractivity contribution in [1.29, 1.82) is 0 Å². The van der Waals surface area contributed by atoms with Gasteiger partial charge in [0.15, 0.2) is 0 Å². The van der Waals surface area contributed by atoms with Gasteiger partial charge in [-0.3, -0.25) is 4.79 Å². The van der Waals surface area contributed by atoms with Crippen molar-refractivity contribution in [3.8, 4) is 12.0 Å². The maximum absolute atomic E-state index is 10.9. The van der Waals surface area contributed by atoms with E-state index in [0.29, 0.717) is 0 Å². The van der Waals surface area contributed by atoms with Gasteiger partial charge in [-0.2, -0.15) is 4.90 Å². The van der Waals surface area contributed by atoms with E-state index >= 15 is 0 Å². The SMILES string of the molecule is CC#CN1C(=O)C=C[N]C1=O. The van der Waals surface area contributed by atoms with Gasteiger partial charge in [-0.15, -0.1) is 0 Å². The number of carbonyl (C=O) groups excluding carboxylic acids is 2. The molecule has 1 radical (unpaired) electrons. The van der Waals surface area contributed by atoms with Gasteiger partial charge in [0.1, 0.15) is 0 Å². The first kappa shape index (κ1) is 7.35. The third-order valence-electron chi connectivity index (χ3n) is 1.04. The predicted molar refractivity (Wildman–Crippen MR) is 37.0 cm³/mol. The second kappa shape index (κ2) is 2.88. The van der Waals surface area contributed by atoms with Gasteiger partial charge >= 0.3 is 6.03 Å². The van der Waals surface area contributed by atoms with Gasteiger partial charge in [-0.05, 0) is 6.92 Å². The Morgan fingerprint density at radius 1 is 1.55 bits per heavy atom. The van der Waals surface area contributed by atoms with Crippen molar-refractivity contribution < 1.29 is 9.59 Å². The first-order valence-electron chi connectivity index (χ1n) is 2.93. The van der Waals surface area contributed by atoms with Crippen LogP contribution in [-0.2, 0) is 4.79 Å². The minimum atomic E-state index is -0.633. The van der Waals surface area contributed by atoms with Crippen LogP contribution in [0.1, 0.15) is 6.92 Å². The topological polar surface area (TPSA) is 51.5 Å². The molecule has 1 rings (SSSR count). The summed E-state index contributed by atoms with van der Waals surface area (Å²) in [6, 6.07) is 1.69. The Morgan fingerprint density at radius 3 is 2.82 bits per heavy atom. The fourth-order valence-electron chi connectivity index (χ4n) is 0.606. The Labute approximate surface area is 63.9 Å². The quantitative estimate of drug-likeness (QED) is 0.457. The average molecular weight is 149 g/mol. The van der Waals surface area contributed by atoms with Crippen molar-refractivity contribution >= 4 is 11.9 Å². The van der Waals surface area contributed by atoms with Gasteiger partial charge < -0.3 is 0 Å². The summed E-state index contributed by atoms with van der Waals surface area (Å²) in [7, 11) is 0. The molecule has 1 aliphatic rings. The van der Waals surface area contributed by atoms with E-state index in [1.807, 2.05) is 0 Å². The van der Waals surface area contributed by atoms with Crippen LogP contribution in [0.25, 0.3) is 0 Å². The second-order valence-corrected chi connectivity index (χ2v) is 1.76. The molecule has 0 saturated heterocycles. The predicted octanol–water partition coefficient (Wildman–Crippen LogP) is 0.0475. The molecule has 0 fully saturated rings. The monoisotopic (exact) mass is 149 g/mol. The molecule has 0 spiro atoms. The van der Waals surface area contributed by atoms with Crippen molar-refractivity contribution in [2.45, 2.75) is 6.92 Å². The number of carbonyl (C=O) groups is 2. The van der Waals surface area contributed by atoms with Gasteiger partial charge in [0.05, 0.1) is 0 Å². The largest absolute Gasteiger partial charge is 0.362 e. The molecule has 0 aliphatic carbocycles. The summed E-state index contributed by atoms with van der Waals surface area (Å²) in [6.07, 6.45) is 2.35. The van der Waals surface area contributed by atoms with Crippen LogP contribution >= 0.6 is 0 Å². The molecular formula is C7H5N2O2. The van der Waals surface area contributed by atoms with E-state index in [1.54, 1.807) is 6.92 Å². The molecule has 3 amide bonds. The molecule has 0 aromatic heterocycles. The molecule has 0 aromatic carbocycles. The highest BCUT2D eigenvalue weighted by Crippen LogP contribution is 1.96. The van der Waals surface area contributed by atoms with Crippen molar-refractivity contribution in [2.75, 3.05) is 0 Å².